The van der Waals surface area contributed by atoms with Crippen LogP contribution in [-0.2, 0) is 10.0 Å². The Kier molecular flexibility index (Phi) is 7.10. The fourth-order valence-electron chi connectivity index (χ4n) is 3.27. The largest absolute Gasteiger partial charge is 0.318 e. The standard InChI is InChI=1S/C23H23FN4O4S/c1-4-13-25-33(31,32)20-11-5-17(6-12-20)22(29)26-27-23(30)21-14-15(2)28(16(21)3)19-9-7-18(24)8-10-19/h4-12,14,25H,1,13H2,2-3H3,(H,26,29)(H,27,30). The second-order valence-corrected chi connectivity index (χ2v) is 8.94. The Labute approximate surface area is 191 Å². The molecule has 3 N–H and O–H groups in total. The summed E-state index contributed by atoms with van der Waals surface area (Å²) in [6, 6.07) is 12.8. The Morgan fingerprint density at radius 3 is 2.21 bits per heavy atom. The zero-order chi connectivity index (χ0) is 24.2. The third kappa shape index (κ3) is 5.36. The first-order valence-electron chi connectivity index (χ1n) is 9.90. The molecule has 0 aliphatic heterocycles. The number of nitrogens with zero attached hydrogens (tertiary/aromatic N) is 1. The molecule has 0 unspecified atom stereocenters. The molecule has 0 saturated heterocycles. The van der Waals surface area contributed by atoms with E-state index < -0.39 is 21.8 Å². The molecule has 0 fully saturated rings. The van der Waals surface area contributed by atoms with Gasteiger partial charge in [0, 0.05) is 29.2 Å². The molecule has 10 heteroatoms. The van der Waals surface area contributed by atoms with Crippen molar-refractivity contribution in [3.63, 3.8) is 0 Å². The normalized spacial score (nSPS) is 11.1. The van der Waals surface area contributed by atoms with E-state index in [4.69, 9.17) is 0 Å². The van der Waals surface area contributed by atoms with Crippen molar-refractivity contribution < 1.29 is 22.4 Å². The van der Waals surface area contributed by atoms with Gasteiger partial charge in [0.1, 0.15) is 5.82 Å². The lowest BCUT2D eigenvalue weighted by Crippen LogP contribution is -2.41. The number of hydrazine groups is 1. The van der Waals surface area contributed by atoms with Crippen LogP contribution in [0.1, 0.15) is 32.1 Å². The van der Waals surface area contributed by atoms with Crippen molar-refractivity contribution in [3.8, 4) is 5.69 Å². The number of aryl methyl sites for hydroxylation is 1. The summed E-state index contributed by atoms with van der Waals surface area (Å²) in [6.07, 6.45) is 1.42. The summed E-state index contributed by atoms with van der Waals surface area (Å²) in [4.78, 5) is 25.0. The highest BCUT2D eigenvalue weighted by Gasteiger charge is 2.18. The number of hydrogen-bond acceptors (Lipinski definition) is 4. The van der Waals surface area contributed by atoms with Crippen molar-refractivity contribution in [2.45, 2.75) is 18.7 Å². The van der Waals surface area contributed by atoms with Crippen LogP contribution in [-0.4, -0.2) is 31.3 Å². The van der Waals surface area contributed by atoms with Crippen molar-refractivity contribution >= 4 is 21.8 Å². The van der Waals surface area contributed by atoms with Crippen molar-refractivity contribution in [1.82, 2.24) is 20.1 Å². The Balaban J connectivity index is 1.69. The quantitative estimate of drug-likeness (QED) is 0.364. The van der Waals surface area contributed by atoms with Crippen LogP contribution in [0.25, 0.3) is 5.69 Å². The maximum atomic E-state index is 13.2. The third-order valence-corrected chi connectivity index (χ3v) is 6.33. The number of aromatic nitrogens is 1. The number of sulfonamides is 1. The van der Waals surface area contributed by atoms with Gasteiger partial charge < -0.3 is 4.57 Å². The van der Waals surface area contributed by atoms with Crippen LogP contribution in [0.5, 0.6) is 0 Å². The molecule has 0 saturated carbocycles. The lowest BCUT2D eigenvalue weighted by Gasteiger charge is -2.11. The number of nitrogens with one attached hydrogen (secondary N) is 3. The molecule has 0 spiro atoms. The number of rotatable bonds is 7. The van der Waals surface area contributed by atoms with E-state index in [-0.39, 0.29) is 22.8 Å². The summed E-state index contributed by atoms with van der Waals surface area (Å²) in [5.74, 6) is -1.50. The SMILES string of the molecule is C=CCNS(=O)(=O)c1ccc(C(=O)NNC(=O)c2cc(C)n(-c3ccc(F)cc3)c2C)cc1. The van der Waals surface area contributed by atoms with E-state index in [9.17, 15) is 22.4 Å². The molecule has 3 rings (SSSR count). The van der Waals surface area contributed by atoms with E-state index in [0.717, 1.165) is 5.69 Å². The first-order chi connectivity index (χ1) is 15.6. The van der Waals surface area contributed by atoms with Gasteiger partial charge in [-0.2, -0.15) is 0 Å². The molecule has 0 radical (unpaired) electrons. The summed E-state index contributed by atoms with van der Waals surface area (Å²) >= 11 is 0. The number of hydrogen-bond donors (Lipinski definition) is 3. The molecule has 1 aromatic heterocycles. The van der Waals surface area contributed by atoms with Crippen molar-refractivity contribution in [2.75, 3.05) is 6.54 Å². The molecule has 0 aliphatic carbocycles. The van der Waals surface area contributed by atoms with Crippen LogP contribution >= 0.6 is 0 Å². The molecular formula is C23H23FN4O4S. The average Bonchev–Trinajstić information content (AvgIpc) is 3.10. The number of carbonyl (C=O) groups is 2. The van der Waals surface area contributed by atoms with E-state index in [1.807, 2.05) is 6.92 Å². The smallest absolute Gasteiger partial charge is 0.271 e. The van der Waals surface area contributed by atoms with Gasteiger partial charge in [-0.3, -0.25) is 20.4 Å². The van der Waals surface area contributed by atoms with Gasteiger partial charge in [0.25, 0.3) is 11.8 Å². The number of halogens is 1. The molecule has 0 bridgehead atoms. The molecule has 2 aromatic carbocycles. The first kappa shape index (κ1) is 23.9. The Morgan fingerprint density at radius 1 is 1.00 bits per heavy atom. The van der Waals surface area contributed by atoms with Gasteiger partial charge in [0.2, 0.25) is 10.0 Å². The van der Waals surface area contributed by atoms with E-state index in [0.29, 0.717) is 16.9 Å². The summed E-state index contributed by atoms with van der Waals surface area (Å²) < 4.78 is 41.5. The van der Waals surface area contributed by atoms with Crippen LogP contribution in [0.3, 0.4) is 0 Å². The molecule has 2 amide bonds. The fraction of sp³-hybridized carbons (Fsp3) is 0.130. The van der Waals surface area contributed by atoms with E-state index in [2.05, 4.69) is 22.2 Å². The van der Waals surface area contributed by atoms with Gasteiger partial charge in [0.05, 0.1) is 10.5 Å². The molecule has 3 aromatic rings. The van der Waals surface area contributed by atoms with E-state index in [1.165, 1.54) is 42.5 Å². The van der Waals surface area contributed by atoms with Crippen LogP contribution in [0.15, 0.2) is 72.1 Å². The third-order valence-electron chi connectivity index (χ3n) is 4.89. The summed E-state index contributed by atoms with van der Waals surface area (Å²) in [6.45, 7) is 7.09. The second kappa shape index (κ2) is 9.80. The number of amides is 2. The summed E-state index contributed by atoms with van der Waals surface area (Å²) in [5.41, 5.74) is 7.26. The Morgan fingerprint density at radius 2 is 1.61 bits per heavy atom. The van der Waals surface area contributed by atoms with E-state index >= 15 is 0 Å². The first-order valence-corrected chi connectivity index (χ1v) is 11.4. The van der Waals surface area contributed by atoms with Crippen LogP contribution in [0.4, 0.5) is 4.39 Å². The maximum Gasteiger partial charge on any atom is 0.271 e. The average molecular weight is 471 g/mol. The fourth-order valence-corrected chi connectivity index (χ4v) is 4.27. The van der Waals surface area contributed by atoms with Crippen LogP contribution in [0.2, 0.25) is 0 Å². The highest BCUT2D eigenvalue weighted by molar-refractivity contribution is 7.89. The number of benzene rings is 2. The minimum atomic E-state index is -3.70. The minimum Gasteiger partial charge on any atom is -0.318 e. The van der Waals surface area contributed by atoms with Crippen molar-refractivity contribution in [3.05, 3.63) is 95.6 Å². The van der Waals surface area contributed by atoms with Gasteiger partial charge >= 0.3 is 0 Å². The van der Waals surface area contributed by atoms with E-state index in [1.54, 1.807) is 29.7 Å². The minimum absolute atomic E-state index is 0.00170. The van der Waals surface area contributed by atoms with Crippen LogP contribution in [0, 0.1) is 19.7 Å². The van der Waals surface area contributed by atoms with Gasteiger partial charge in [-0.1, -0.05) is 6.08 Å². The monoisotopic (exact) mass is 470 g/mol. The zero-order valence-corrected chi connectivity index (χ0v) is 18.9. The molecule has 8 nitrogen and oxygen atoms in total. The Bertz CT molecular complexity index is 1300. The zero-order valence-electron chi connectivity index (χ0n) is 18.1. The lowest BCUT2D eigenvalue weighted by molar-refractivity contribution is 0.0846. The van der Waals surface area contributed by atoms with Crippen molar-refractivity contribution in [1.29, 1.82) is 0 Å². The van der Waals surface area contributed by atoms with Gasteiger partial charge in [-0.15, -0.1) is 6.58 Å². The molecule has 0 atom stereocenters. The van der Waals surface area contributed by atoms with Gasteiger partial charge in [0.15, 0.2) is 0 Å². The maximum absolute atomic E-state index is 13.2. The highest BCUT2D eigenvalue weighted by atomic mass is 32.2. The topological polar surface area (TPSA) is 109 Å². The summed E-state index contributed by atoms with van der Waals surface area (Å²) in [7, 11) is -3.70. The predicted molar refractivity (Wildman–Crippen MR) is 122 cm³/mol. The summed E-state index contributed by atoms with van der Waals surface area (Å²) in [5, 5.41) is 0. The highest BCUT2D eigenvalue weighted by Crippen LogP contribution is 2.21. The Hall–Kier alpha value is -3.76. The van der Waals surface area contributed by atoms with Crippen molar-refractivity contribution in [2.24, 2.45) is 0 Å². The van der Waals surface area contributed by atoms with Gasteiger partial charge in [-0.05, 0) is 68.4 Å². The molecule has 33 heavy (non-hydrogen) atoms. The number of carbonyl (C=O) groups excluding carboxylic acids is 2. The molecule has 0 aliphatic rings. The molecular weight excluding hydrogens is 447 g/mol. The second-order valence-electron chi connectivity index (χ2n) is 7.17. The van der Waals surface area contributed by atoms with Gasteiger partial charge in [-0.25, -0.2) is 17.5 Å². The molecule has 172 valence electrons. The predicted octanol–water partition coefficient (Wildman–Crippen LogP) is 2.77. The molecule has 1 heterocycles. The van der Waals surface area contributed by atoms with Crippen LogP contribution < -0.4 is 15.6 Å². The lowest BCUT2D eigenvalue weighted by atomic mass is 10.2.